The minimum absolute atomic E-state index is 0.0107. The number of para-hydroxylation sites is 2. The van der Waals surface area contributed by atoms with Crippen molar-refractivity contribution in [3.05, 3.63) is 54.9 Å². The first kappa shape index (κ1) is 18.6. The molecule has 1 aromatic heterocycles. The second-order valence-corrected chi connectivity index (χ2v) is 9.83. The first-order chi connectivity index (χ1) is 12.2. The Balaban J connectivity index is 1.95. The molecule has 1 heterocycles. The van der Waals surface area contributed by atoms with E-state index in [1.807, 2.05) is 13.8 Å². The summed E-state index contributed by atoms with van der Waals surface area (Å²) in [5.41, 5.74) is 1.02. The zero-order chi connectivity index (χ0) is 18.9. The van der Waals surface area contributed by atoms with E-state index in [2.05, 4.69) is 9.71 Å². The van der Waals surface area contributed by atoms with Crippen LogP contribution in [-0.4, -0.2) is 32.3 Å². The van der Waals surface area contributed by atoms with Crippen molar-refractivity contribution < 1.29 is 16.8 Å². The van der Waals surface area contributed by atoms with Crippen LogP contribution in [0, 0.1) is 5.92 Å². The van der Waals surface area contributed by atoms with E-state index in [9.17, 15) is 16.8 Å². The number of aromatic nitrogens is 2. The maximum Gasteiger partial charge on any atom is 0.269 e. The molecule has 0 amide bonds. The molecule has 1 N–H and O–H groups in total. The van der Waals surface area contributed by atoms with Crippen molar-refractivity contribution >= 4 is 31.1 Å². The van der Waals surface area contributed by atoms with E-state index in [0.29, 0.717) is 17.6 Å². The summed E-state index contributed by atoms with van der Waals surface area (Å²) in [5, 5.41) is 0. The molecule has 7 nitrogen and oxygen atoms in total. The first-order valence-corrected chi connectivity index (χ1v) is 10.9. The Bertz CT molecular complexity index is 1130. The number of imidazole rings is 1. The molecule has 3 rings (SSSR count). The largest absolute Gasteiger partial charge is 0.269 e. The Morgan fingerprint density at radius 1 is 0.962 bits per heavy atom. The zero-order valence-electron chi connectivity index (χ0n) is 14.3. The topological polar surface area (TPSA) is 98.1 Å². The molecule has 0 saturated heterocycles. The van der Waals surface area contributed by atoms with E-state index < -0.39 is 20.0 Å². The predicted molar refractivity (Wildman–Crippen MR) is 98.8 cm³/mol. The molecule has 138 valence electrons. The summed E-state index contributed by atoms with van der Waals surface area (Å²) in [7, 11) is -7.54. The molecule has 0 saturated carbocycles. The van der Waals surface area contributed by atoms with Gasteiger partial charge in [-0.3, -0.25) is 0 Å². The van der Waals surface area contributed by atoms with Gasteiger partial charge in [0.05, 0.1) is 20.8 Å². The van der Waals surface area contributed by atoms with Crippen molar-refractivity contribution in [2.75, 3.05) is 6.54 Å². The lowest BCUT2D eigenvalue weighted by Crippen LogP contribution is -2.27. The maximum absolute atomic E-state index is 12.8. The Kier molecular flexibility index (Phi) is 4.87. The third-order valence-electron chi connectivity index (χ3n) is 3.79. The van der Waals surface area contributed by atoms with Crippen LogP contribution in [0.3, 0.4) is 0 Å². The third kappa shape index (κ3) is 3.50. The molecule has 9 heteroatoms. The summed E-state index contributed by atoms with van der Waals surface area (Å²) >= 11 is 0. The van der Waals surface area contributed by atoms with Crippen LogP contribution in [-0.2, 0) is 20.0 Å². The summed E-state index contributed by atoms with van der Waals surface area (Å²) < 4.78 is 53.7. The highest BCUT2D eigenvalue weighted by molar-refractivity contribution is 7.90. The normalized spacial score (nSPS) is 12.7. The number of sulfonamides is 1. The van der Waals surface area contributed by atoms with Gasteiger partial charge >= 0.3 is 0 Å². The summed E-state index contributed by atoms with van der Waals surface area (Å²) in [5.74, 6) is 0.166. The Labute approximate surface area is 152 Å². The second-order valence-electron chi connectivity index (χ2n) is 6.25. The zero-order valence-corrected chi connectivity index (χ0v) is 16.0. The van der Waals surface area contributed by atoms with Gasteiger partial charge in [0, 0.05) is 6.54 Å². The number of fused-ring (bicyclic) bond motifs is 1. The van der Waals surface area contributed by atoms with Gasteiger partial charge in [-0.25, -0.2) is 30.5 Å². The van der Waals surface area contributed by atoms with Crippen molar-refractivity contribution in [2.24, 2.45) is 5.92 Å². The summed E-state index contributed by atoms with van der Waals surface area (Å²) in [6.45, 7) is 4.10. The average Bonchev–Trinajstić information content (AvgIpc) is 3.05. The fourth-order valence-corrected chi connectivity index (χ4v) is 4.90. The van der Waals surface area contributed by atoms with Crippen molar-refractivity contribution in [3.8, 4) is 0 Å². The Hall–Kier alpha value is -2.23. The van der Waals surface area contributed by atoms with Gasteiger partial charge in [-0.15, -0.1) is 0 Å². The molecule has 0 radical (unpaired) electrons. The molecular formula is C17H19N3O4S2. The van der Waals surface area contributed by atoms with Crippen LogP contribution in [0.15, 0.2) is 64.6 Å². The van der Waals surface area contributed by atoms with Gasteiger partial charge in [0.2, 0.25) is 10.0 Å². The van der Waals surface area contributed by atoms with E-state index in [4.69, 9.17) is 0 Å². The third-order valence-corrected chi connectivity index (χ3v) is 6.91. The predicted octanol–water partition coefficient (Wildman–Crippen LogP) is 2.21. The number of rotatable bonds is 6. The van der Waals surface area contributed by atoms with Crippen molar-refractivity contribution in [1.29, 1.82) is 0 Å². The minimum Gasteiger partial charge on any atom is -0.236 e. The molecule has 0 atom stereocenters. The highest BCUT2D eigenvalue weighted by atomic mass is 32.2. The highest BCUT2D eigenvalue weighted by Crippen LogP contribution is 2.21. The summed E-state index contributed by atoms with van der Waals surface area (Å²) in [6, 6.07) is 12.0. The quantitative estimate of drug-likeness (QED) is 0.692. The van der Waals surface area contributed by atoms with Crippen LogP contribution in [0.2, 0.25) is 0 Å². The van der Waals surface area contributed by atoms with Crippen LogP contribution in [0.5, 0.6) is 0 Å². The fraction of sp³-hybridized carbons (Fsp3) is 0.235. The van der Waals surface area contributed by atoms with Gasteiger partial charge in [-0.05, 0) is 42.3 Å². The number of benzene rings is 2. The fourth-order valence-electron chi connectivity index (χ4n) is 2.39. The molecule has 3 aromatic rings. The van der Waals surface area contributed by atoms with Gasteiger partial charge in [0.25, 0.3) is 10.0 Å². The van der Waals surface area contributed by atoms with Gasteiger partial charge in [0.15, 0.2) is 0 Å². The molecule has 0 fully saturated rings. The molecule has 0 aliphatic heterocycles. The van der Waals surface area contributed by atoms with E-state index in [-0.39, 0.29) is 15.7 Å². The van der Waals surface area contributed by atoms with Gasteiger partial charge in [-0.2, -0.15) is 0 Å². The van der Waals surface area contributed by atoms with E-state index in [0.717, 1.165) is 3.97 Å². The lowest BCUT2D eigenvalue weighted by molar-refractivity contribution is 0.559. The molecule has 0 bridgehead atoms. The molecule has 2 aromatic carbocycles. The molecule has 26 heavy (non-hydrogen) atoms. The minimum atomic E-state index is -3.87. The average molecular weight is 393 g/mol. The lowest BCUT2D eigenvalue weighted by atomic mass is 10.2. The number of nitrogens with one attached hydrogen (secondary N) is 1. The smallest absolute Gasteiger partial charge is 0.236 e. The SMILES string of the molecule is CC(C)CNS(=O)(=O)c1ccc(S(=O)(=O)n2cnc3ccccc32)cc1. The van der Waals surface area contributed by atoms with Crippen molar-refractivity contribution in [1.82, 2.24) is 13.7 Å². The van der Waals surface area contributed by atoms with E-state index in [1.54, 1.807) is 24.3 Å². The molecule has 0 aliphatic rings. The van der Waals surface area contributed by atoms with Crippen LogP contribution in [0.1, 0.15) is 13.8 Å². The summed E-state index contributed by atoms with van der Waals surface area (Å²) in [6.07, 6.45) is 1.24. The highest BCUT2D eigenvalue weighted by Gasteiger charge is 2.21. The molecular weight excluding hydrogens is 374 g/mol. The molecule has 0 unspecified atom stereocenters. The number of nitrogens with zero attached hydrogens (tertiary/aromatic N) is 2. The lowest BCUT2D eigenvalue weighted by Gasteiger charge is -2.10. The van der Waals surface area contributed by atoms with Gasteiger partial charge < -0.3 is 0 Å². The Morgan fingerprint density at radius 3 is 2.23 bits per heavy atom. The van der Waals surface area contributed by atoms with Crippen LogP contribution in [0.4, 0.5) is 0 Å². The number of hydrogen-bond donors (Lipinski definition) is 1. The molecule has 0 aliphatic carbocycles. The van der Waals surface area contributed by atoms with Crippen molar-refractivity contribution in [2.45, 2.75) is 23.6 Å². The molecule has 0 spiro atoms. The van der Waals surface area contributed by atoms with Crippen LogP contribution in [0.25, 0.3) is 11.0 Å². The van der Waals surface area contributed by atoms with Gasteiger partial charge in [-0.1, -0.05) is 26.0 Å². The number of hydrogen-bond acceptors (Lipinski definition) is 5. The summed E-state index contributed by atoms with van der Waals surface area (Å²) in [4.78, 5) is 4.10. The van der Waals surface area contributed by atoms with Crippen LogP contribution < -0.4 is 4.72 Å². The van der Waals surface area contributed by atoms with Crippen molar-refractivity contribution in [3.63, 3.8) is 0 Å². The first-order valence-electron chi connectivity index (χ1n) is 7.99. The standard InChI is InChI=1S/C17H19N3O4S2/c1-13(2)11-19-25(21,22)14-7-9-15(10-8-14)26(23,24)20-12-18-16-5-3-4-6-17(16)20/h3-10,12-13,19H,11H2,1-2H3. The Morgan fingerprint density at radius 2 is 1.58 bits per heavy atom. The second kappa shape index (κ2) is 6.82. The van der Waals surface area contributed by atoms with E-state index >= 15 is 0 Å². The van der Waals surface area contributed by atoms with Gasteiger partial charge in [0.1, 0.15) is 6.33 Å². The van der Waals surface area contributed by atoms with E-state index in [1.165, 1.54) is 30.6 Å². The van der Waals surface area contributed by atoms with Crippen LogP contribution >= 0.6 is 0 Å². The maximum atomic E-state index is 12.8. The monoisotopic (exact) mass is 393 g/mol.